The Morgan fingerprint density at radius 3 is 2.36 bits per heavy atom. The predicted octanol–water partition coefficient (Wildman–Crippen LogP) is 3.86. The summed E-state index contributed by atoms with van der Waals surface area (Å²) in [5, 5.41) is 10.6. The molecule has 4 nitrogen and oxygen atoms in total. The Balaban J connectivity index is 1.80. The fourth-order valence-corrected chi connectivity index (χ4v) is 3.68. The molecule has 148 valence electrons. The Labute approximate surface area is 166 Å². The first-order valence-corrected chi connectivity index (χ1v) is 9.76. The highest BCUT2D eigenvalue weighted by Gasteiger charge is 2.42. The highest BCUT2D eigenvalue weighted by Crippen LogP contribution is 2.35. The van der Waals surface area contributed by atoms with Crippen molar-refractivity contribution in [2.75, 3.05) is 6.61 Å². The van der Waals surface area contributed by atoms with Gasteiger partial charge in [0, 0.05) is 12.8 Å². The lowest BCUT2D eigenvalue weighted by Crippen LogP contribution is -2.41. The van der Waals surface area contributed by atoms with Crippen LogP contribution in [-0.4, -0.2) is 29.9 Å². The van der Waals surface area contributed by atoms with E-state index in [0.29, 0.717) is 25.0 Å². The monoisotopic (exact) mass is 380 g/mol. The molecule has 3 atom stereocenters. The molecule has 0 amide bonds. The van der Waals surface area contributed by atoms with Crippen molar-refractivity contribution in [1.29, 1.82) is 0 Å². The number of carbonyl (C=O) groups is 1. The van der Waals surface area contributed by atoms with E-state index in [-0.39, 0.29) is 12.6 Å². The molecule has 0 bridgehead atoms. The number of hydrogen-bond donors (Lipinski definition) is 1. The summed E-state index contributed by atoms with van der Waals surface area (Å²) >= 11 is 0. The lowest BCUT2D eigenvalue weighted by molar-refractivity contribution is -0.155. The number of aliphatic hydroxyl groups excluding tert-OH is 1. The second-order valence-electron chi connectivity index (χ2n) is 7.54. The van der Waals surface area contributed by atoms with Crippen molar-refractivity contribution in [2.45, 2.75) is 45.3 Å². The molecule has 1 N–H and O–H groups in total. The second kappa shape index (κ2) is 8.61. The minimum absolute atomic E-state index is 0.288. The first-order valence-electron chi connectivity index (χ1n) is 9.76. The fourth-order valence-electron chi connectivity index (χ4n) is 3.68. The van der Waals surface area contributed by atoms with Crippen LogP contribution in [0.2, 0.25) is 0 Å². The van der Waals surface area contributed by atoms with Crippen LogP contribution in [0.15, 0.2) is 66.9 Å². The normalized spacial score (nSPS) is 20.5. The minimum Gasteiger partial charge on any atom is -0.491 e. The molecule has 0 spiro atoms. The topological polar surface area (TPSA) is 55.8 Å². The van der Waals surface area contributed by atoms with Crippen molar-refractivity contribution in [2.24, 2.45) is 5.41 Å². The summed E-state index contributed by atoms with van der Waals surface area (Å²) < 4.78 is 11.5. The quantitative estimate of drug-likeness (QED) is 0.585. The zero-order valence-corrected chi connectivity index (χ0v) is 16.6. The molecule has 1 aliphatic rings. The Kier molecular flexibility index (Phi) is 6.20. The number of benzene rings is 2. The molecule has 2 aromatic carbocycles. The maximum Gasteiger partial charge on any atom is 0.319 e. The molecule has 0 heterocycles. The first-order chi connectivity index (χ1) is 13.4. The van der Waals surface area contributed by atoms with E-state index in [0.717, 1.165) is 16.7 Å². The van der Waals surface area contributed by atoms with Crippen LogP contribution in [0, 0.1) is 5.41 Å². The number of hydrogen-bond acceptors (Lipinski definition) is 4. The van der Waals surface area contributed by atoms with Crippen LogP contribution in [0.25, 0.3) is 0 Å². The van der Waals surface area contributed by atoms with Crippen LogP contribution in [0.5, 0.6) is 0 Å². The number of fused-ring (bicyclic) bond motifs is 1. The smallest absolute Gasteiger partial charge is 0.319 e. The van der Waals surface area contributed by atoms with Crippen molar-refractivity contribution in [3.8, 4) is 0 Å². The van der Waals surface area contributed by atoms with Gasteiger partial charge < -0.3 is 14.6 Å². The Bertz CT molecular complexity index is 830. The predicted molar refractivity (Wildman–Crippen MR) is 109 cm³/mol. The molecule has 0 saturated carbocycles. The van der Waals surface area contributed by atoms with Gasteiger partial charge in [-0.15, -0.1) is 0 Å². The molecular weight excluding hydrogens is 352 g/mol. The Hall–Kier alpha value is -2.59. The fraction of sp³-hybridized carbons (Fsp3) is 0.375. The molecule has 0 aromatic heterocycles. The van der Waals surface area contributed by atoms with Crippen LogP contribution in [0.3, 0.4) is 0 Å². The maximum absolute atomic E-state index is 12.8. The summed E-state index contributed by atoms with van der Waals surface area (Å²) in [6.45, 7) is 7.94. The third-order valence-electron chi connectivity index (χ3n) is 5.43. The third-order valence-corrected chi connectivity index (χ3v) is 5.43. The van der Waals surface area contributed by atoms with Gasteiger partial charge in [-0.25, -0.2) is 0 Å². The Morgan fingerprint density at radius 2 is 1.71 bits per heavy atom. The Morgan fingerprint density at radius 1 is 1.11 bits per heavy atom. The maximum atomic E-state index is 12.8. The van der Waals surface area contributed by atoms with E-state index in [4.69, 9.17) is 9.47 Å². The number of rotatable bonds is 7. The van der Waals surface area contributed by atoms with E-state index in [1.54, 1.807) is 13.8 Å². The first kappa shape index (κ1) is 20.2. The molecule has 2 aromatic rings. The van der Waals surface area contributed by atoms with Gasteiger partial charge in [0.25, 0.3) is 0 Å². The van der Waals surface area contributed by atoms with Gasteiger partial charge >= 0.3 is 5.97 Å². The second-order valence-corrected chi connectivity index (χ2v) is 7.54. The number of esters is 1. The van der Waals surface area contributed by atoms with Crippen molar-refractivity contribution in [3.63, 3.8) is 0 Å². The highest BCUT2D eigenvalue weighted by atomic mass is 16.5. The number of ether oxygens (including phenoxy) is 2. The van der Waals surface area contributed by atoms with E-state index in [1.165, 1.54) is 0 Å². The van der Waals surface area contributed by atoms with Crippen molar-refractivity contribution < 1.29 is 19.4 Å². The van der Waals surface area contributed by atoms with E-state index >= 15 is 0 Å². The summed E-state index contributed by atoms with van der Waals surface area (Å²) in [5.74, 6) is -0.0345. The molecule has 0 aliphatic heterocycles. The van der Waals surface area contributed by atoms with Gasteiger partial charge in [-0.1, -0.05) is 61.2 Å². The molecule has 0 saturated heterocycles. The van der Waals surface area contributed by atoms with Gasteiger partial charge in [0.05, 0.1) is 12.7 Å². The molecule has 28 heavy (non-hydrogen) atoms. The lowest BCUT2D eigenvalue weighted by atomic mass is 9.81. The average Bonchev–Trinajstić information content (AvgIpc) is 2.69. The molecule has 3 rings (SSSR count). The van der Waals surface area contributed by atoms with Crippen molar-refractivity contribution in [1.82, 2.24) is 0 Å². The molecule has 0 fully saturated rings. The van der Waals surface area contributed by atoms with Crippen LogP contribution < -0.4 is 0 Å². The van der Waals surface area contributed by atoms with E-state index in [2.05, 4.69) is 12.6 Å². The van der Waals surface area contributed by atoms with E-state index in [9.17, 15) is 9.90 Å². The minimum atomic E-state index is -1.03. The van der Waals surface area contributed by atoms with Crippen molar-refractivity contribution in [3.05, 3.63) is 83.6 Å². The summed E-state index contributed by atoms with van der Waals surface area (Å²) in [6, 6.07) is 17.8. The van der Waals surface area contributed by atoms with Gasteiger partial charge in [0.15, 0.2) is 0 Å². The van der Waals surface area contributed by atoms with Crippen LogP contribution in [0.4, 0.5) is 0 Å². The van der Waals surface area contributed by atoms with E-state index in [1.807, 2.05) is 48.5 Å². The van der Waals surface area contributed by atoms with Gasteiger partial charge in [-0.2, -0.15) is 0 Å². The van der Waals surface area contributed by atoms with Crippen LogP contribution in [0.1, 0.15) is 30.5 Å². The van der Waals surface area contributed by atoms with Gasteiger partial charge in [0.2, 0.25) is 0 Å². The standard InChI is InChI=1S/C24H28O4/c1-4-27-23(26)24(3,16-18-10-6-5-7-11-18)17(2)28-22-15-20-13-9-8-12-19(20)14-21(22)25/h5-13,21-22,25H,2,4,14-16H2,1,3H3/t21-,22-,24-/m1/s1. The van der Waals surface area contributed by atoms with Crippen LogP contribution >= 0.6 is 0 Å². The largest absolute Gasteiger partial charge is 0.491 e. The molecule has 4 heteroatoms. The molecule has 0 radical (unpaired) electrons. The third kappa shape index (κ3) is 4.28. The summed E-state index contributed by atoms with van der Waals surface area (Å²) in [5.41, 5.74) is 2.26. The molecule has 0 unspecified atom stereocenters. The number of carbonyl (C=O) groups excluding carboxylic acids is 1. The molecule has 1 aliphatic carbocycles. The molecular formula is C24H28O4. The number of aliphatic hydroxyl groups is 1. The lowest BCUT2D eigenvalue weighted by Gasteiger charge is -2.35. The summed E-state index contributed by atoms with van der Waals surface area (Å²) in [7, 11) is 0. The highest BCUT2D eigenvalue weighted by molar-refractivity contribution is 5.80. The van der Waals surface area contributed by atoms with E-state index < -0.39 is 17.6 Å². The SMILES string of the molecule is C=C(O[C@@H]1Cc2ccccc2C[C@H]1O)[C@@](C)(Cc1ccccc1)C(=O)OCC. The van der Waals surface area contributed by atoms with Crippen LogP contribution in [-0.2, 0) is 33.5 Å². The van der Waals surface area contributed by atoms with Gasteiger partial charge in [-0.3, -0.25) is 4.79 Å². The zero-order valence-electron chi connectivity index (χ0n) is 16.6. The van der Waals surface area contributed by atoms with Crippen molar-refractivity contribution >= 4 is 5.97 Å². The summed E-state index contributed by atoms with van der Waals surface area (Å²) in [6.07, 6.45) is 0.454. The van der Waals surface area contributed by atoms with Gasteiger partial charge in [0.1, 0.15) is 17.3 Å². The zero-order chi connectivity index (χ0) is 20.1. The average molecular weight is 380 g/mol. The van der Waals surface area contributed by atoms with Gasteiger partial charge in [-0.05, 0) is 37.0 Å². The summed E-state index contributed by atoms with van der Waals surface area (Å²) in [4.78, 5) is 12.8.